The Kier molecular flexibility index (Phi) is 4.64. The first-order valence-corrected chi connectivity index (χ1v) is 8.88. The van der Waals surface area contributed by atoms with Gasteiger partial charge in [-0.3, -0.25) is 9.52 Å². The van der Waals surface area contributed by atoms with Crippen molar-refractivity contribution in [1.82, 2.24) is 4.98 Å². The molecule has 112 valence electrons. The van der Waals surface area contributed by atoms with Gasteiger partial charge in [0.1, 0.15) is 0 Å². The first-order valence-electron chi connectivity index (χ1n) is 5.73. The molecule has 0 atom stereocenters. The number of carboxylic acids is 1. The maximum Gasteiger partial charge on any atom is 0.309 e. The number of carboxylic acid groups (broad SMARTS) is 1. The normalized spacial score (nSPS) is 11.3. The highest BCUT2D eigenvalue weighted by Gasteiger charge is 2.19. The number of nitrogens with zero attached hydrogens (tertiary/aromatic N) is 1. The Labute approximate surface area is 134 Å². The second-order valence-electron chi connectivity index (χ2n) is 4.23. The van der Waals surface area contributed by atoms with Gasteiger partial charge in [0.25, 0.3) is 10.0 Å². The predicted molar refractivity (Wildman–Crippen MR) is 83.1 cm³/mol. The molecule has 0 aliphatic heterocycles. The molecule has 0 spiro atoms. The Morgan fingerprint density at radius 3 is 2.86 bits per heavy atom. The van der Waals surface area contributed by atoms with Crippen molar-refractivity contribution in [1.29, 1.82) is 0 Å². The van der Waals surface area contributed by atoms with Crippen molar-refractivity contribution >= 4 is 48.4 Å². The number of halogens is 1. The number of benzene rings is 1. The van der Waals surface area contributed by atoms with E-state index in [1.165, 1.54) is 11.4 Å². The highest BCUT2D eigenvalue weighted by Crippen LogP contribution is 2.24. The largest absolute Gasteiger partial charge is 0.481 e. The van der Waals surface area contributed by atoms with Crippen molar-refractivity contribution in [2.45, 2.75) is 18.2 Å². The Bertz CT molecular complexity index is 786. The lowest BCUT2D eigenvalue weighted by Crippen LogP contribution is -2.14. The summed E-state index contributed by atoms with van der Waals surface area (Å²) >= 11 is 4.28. The molecular weight excluding hydrogens is 380 g/mol. The van der Waals surface area contributed by atoms with Crippen LogP contribution in [0.15, 0.2) is 32.9 Å². The first-order chi connectivity index (χ1) is 9.78. The van der Waals surface area contributed by atoms with Crippen molar-refractivity contribution in [3.05, 3.63) is 39.3 Å². The summed E-state index contributed by atoms with van der Waals surface area (Å²) in [5, 5.41) is 10.3. The number of rotatable bonds is 5. The molecule has 9 heteroatoms. The van der Waals surface area contributed by atoms with Crippen LogP contribution in [-0.2, 0) is 21.2 Å². The Morgan fingerprint density at radius 2 is 2.19 bits per heavy atom. The average molecular weight is 391 g/mol. The molecule has 0 aliphatic carbocycles. The van der Waals surface area contributed by atoms with Gasteiger partial charge < -0.3 is 5.11 Å². The van der Waals surface area contributed by atoms with Crippen molar-refractivity contribution in [2.75, 3.05) is 4.72 Å². The van der Waals surface area contributed by atoms with Crippen LogP contribution in [0.3, 0.4) is 0 Å². The minimum absolute atomic E-state index is 0.144. The molecule has 0 unspecified atom stereocenters. The summed E-state index contributed by atoms with van der Waals surface area (Å²) in [6.45, 7) is 1.69. The third-order valence-electron chi connectivity index (χ3n) is 2.55. The van der Waals surface area contributed by atoms with E-state index in [2.05, 4.69) is 25.6 Å². The minimum atomic E-state index is -3.76. The van der Waals surface area contributed by atoms with Gasteiger partial charge in [-0.1, -0.05) is 22.0 Å². The quantitative estimate of drug-likeness (QED) is 0.817. The van der Waals surface area contributed by atoms with Crippen LogP contribution in [0.4, 0.5) is 5.13 Å². The molecule has 0 bridgehead atoms. The molecule has 0 saturated carbocycles. The van der Waals surface area contributed by atoms with E-state index >= 15 is 0 Å². The zero-order valence-electron chi connectivity index (χ0n) is 10.8. The number of aliphatic carboxylic acids is 1. The van der Waals surface area contributed by atoms with Crippen LogP contribution in [-0.4, -0.2) is 24.5 Å². The second kappa shape index (κ2) is 6.12. The summed E-state index contributed by atoms with van der Waals surface area (Å²) in [5.41, 5.74) is 0.921. The van der Waals surface area contributed by atoms with Crippen molar-refractivity contribution in [3.8, 4) is 0 Å². The van der Waals surface area contributed by atoms with Crippen LogP contribution in [0.5, 0.6) is 0 Å². The Balaban J connectivity index is 2.27. The van der Waals surface area contributed by atoms with Gasteiger partial charge in [-0.05, 0) is 24.6 Å². The number of anilines is 1. The number of hydrogen-bond donors (Lipinski definition) is 2. The highest BCUT2D eigenvalue weighted by atomic mass is 79.9. The molecule has 6 nitrogen and oxygen atoms in total. The summed E-state index contributed by atoms with van der Waals surface area (Å²) in [7, 11) is -3.76. The van der Waals surface area contributed by atoms with Crippen LogP contribution < -0.4 is 4.72 Å². The lowest BCUT2D eigenvalue weighted by atomic mass is 10.2. The van der Waals surface area contributed by atoms with Crippen LogP contribution in [0.1, 0.15) is 11.3 Å². The van der Waals surface area contributed by atoms with Crippen molar-refractivity contribution < 1.29 is 18.3 Å². The SMILES string of the molecule is Cc1ccc(Br)cc1S(=O)(=O)Nc1nc(CC(=O)O)cs1. The topological polar surface area (TPSA) is 96.4 Å². The fourth-order valence-electron chi connectivity index (χ4n) is 1.62. The van der Waals surface area contributed by atoms with Gasteiger partial charge >= 0.3 is 5.97 Å². The molecule has 0 radical (unpaired) electrons. The third-order valence-corrected chi connectivity index (χ3v) is 5.46. The van der Waals surface area contributed by atoms with E-state index in [9.17, 15) is 13.2 Å². The molecule has 0 saturated heterocycles. The fraction of sp³-hybridized carbons (Fsp3) is 0.167. The van der Waals surface area contributed by atoms with E-state index in [1.807, 2.05) is 0 Å². The molecule has 0 aliphatic rings. The van der Waals surface area contributed by atoms with E-state index < -0.39 is 16.0 Å². The smallest absolute Gasteiger partial charge is 0.309 e. The summed E-state index contributed by atoms with van der Waals surface area (Å²) in [4.78, 5) is 14.7. The summed E-state index contributed by atoms with van der Waals surface area (Å²) in [6.07, 6.45) is -0.242. The van der Waals surface area contributed by atoms with Crippen LogP contribution >= 0.6 is 27.3 Å². The Hall–Kier alpha value is -1.45. The molecular formula is C12H11BrN2O4S2. The maximum atomic E-state index is 12.3. The van der Waals surface area contributed by atoms with Gasteiger partial charge in [0.15, 0.2) is 5.13 Å². The molecule has 0 amide bonds. The zero-order valence-corrected chi connectivity index (χ0v) is 14.0. The number of aryl methyl sites for hydroxylation is 1. The lowest BCUT2D eigenvalue weighted by molar-refractivity contribution is -0.136. The van der Waals surface area contributed by atoms with Crippen LogP contribution in [0.25, 0.3) is 0 Å². The predicted octanol–water partition coefficient (Wildman–Crippen LogP) is 2.64. The van der Waals surface area contributed by atoms with Gasteiger partial charge in [-0.25, -0.2) is 13.4 Å². The van der Waals surface area contributed by atoms with Gasteiger partial charge in [0.05, 0.1) is 17.0 Å². The van der Waals surface area contributed by atoms with Crippen molar-refractivity contribution in [3.63, 3.8) is 0 Å². The average Bonchev–Trinajstić information content (AvgIpc) is 2.77. The molecule has 2 N–H and O–H groups in total. The lowest BCUT2D eigenvalue weighted by Gasteiger charge is -2.08. The number of aromatic nitrogens is 1. The molecule has 0 fully saturated rings. The van der Waals surface area contributed by atoms with E-state index in [1.54, 1.807) is 19.1 Å². The standard InChI is InChI=1S/C12H11BrN2O4S2/c1-7-2-3-8(13)4-10(7)21(18,19)15-12-14-9(6-20-12)5-11(16)17/h2-4,6H,5H2,1H3,(H,14,15)(H,16,17). The molecule has 1 aromatic heterocycles. The number of carbonyl (C=O) groups is 1. The van der Waals surface area contributed by atoms with Gasteiger partial charge in [0, 0.05) is 9.85 Å². The number of thiazole rings is 1. The van der Waals surface area contributed by atoms with Gasteiger partial charge in [-0.15, -0.1) is 11.3 Å². The van der Waals surface area contributed by atoms with E-state index in [0.717, 1.165) is 11.3 Å². The summed E-state index contributed by atoms with van der Waals surface area (Å²) < 4.78 is 27.7. The third kappa shape index (κ3) is 4.02. The van der Waals surface area contributed by atoms with E-state index in [4.69, 9.17) is 5.11 Å². The molecule has 1 heterocycles. The maximum absolute atomic E-state index is 12.3. The fourth-order valence-corrected chi connectivity index (χ4v) is 4.37. The van der Waals surface area contributed by atoms with E-state index in [0.29, 0.717) is 15.7 Å². The van der Waals surface area contributed by atoms with Gasteiger partial charge in [-0.2, -0.15) is 0 Å². The van der Waals surface area contributed by atoms with Crippen molar-refractivity contribution in [2.24, 2.45) is 0 Å². The monoisotopic (exact) mass is 390 g/mol. The first kappa shape index (κ1) is 15.9. The molecule has 21 heavy (non-hydrogen) atoms. The van der Waals surface area contributed by atoms with Gasteiger partial charge in [0.2, 0.25) is 0 Å². The highest BCUT2D eigenvalue weighted by molar-refractivity contribution is 9.10. The molecule has 2 aromatic rings. The minimum Gasteiger partial charge on any atom is -0.481 e. The summed E-state index contributed by atoms with van der Waals surface area (Å²) in [6, 6.07) is 4.95. The number of nitrogens with one attached hydrogen (secondary N) is 1. The summed E-state index contributed by atoms with van der Waals surface area (Å²) in [5.74, 6) is -1.02. The van der Waals surface area contributed by atoms with E-state index in [-0.39, 0.29) is 16.4 Å². The number of hydrogen-bond acceptors (Lipinski definition) is 5. The van der Waals surface area contributed by atoms with Crippen LogP contribution in [0, 0.1) is 6.92 Å². The second-order valence-corrected chi connectivity index (χ2v) is 7.65. The molecule has 1 aromatic carbocycles. The molecule has 2 rings (SSSR count). The number of sulfonamides is 1. The zero-order chi connectivity index (χ0) is 15.6. The van der Waals surface area contributed by atoms with Crippen LogP contribution in [0.2, 0.25) is 0 Å². The Morgan fingerprint density at radius 1 is 1.48 bits per heavy atom.